The summed E-state index contributed by atoms with van der Waals surface area (Å²) in [5.41, 5.74) is -0.309. The first-order valence-electron chi connectivity index (χ1n) is 9.88. The van der Waals surface area contributed by atoms with Crippen molar-refractivity contribution < 1.29 is 32.6 Å². The quantitative estimate of drug-likeness (QED) is 0.423. The molecule has 1 N–H and O–H groups in total. The molecule has 174 valence electrons. The Balaban J connectivity index is 1.72. The molecule has 0 spiro atoms. The molecular formula is C22H16F3N5O4. The van der Waals surface area contributed by atoms with Gasteiger partial charge in [0.15, 0.2) is 5.69 Å². The average molecular weight is 471 g/mol. The molecule has 0 saturated carbocycles. The van der Waals surface area contributed by atoms with Crippen molar-refractivity contribution in [3.05, 3.63) is 77.7 Å². The number of benzene rings is 2. The lowest BCUT2D eigenvalue weighted by Crippen LogP contribution is -2.18. The average Bonchev–Trinajstić information content (AvgIpc) is 3.47. The van der Waals surface area contributed by atoms with Gasteiger partial charge < -0.3 is 9.84 Å². The molecule has 0 aliphatic heterocycles. The van der Waals surface area contributed by atoms with Gasteiger partial charge in [-0.25, -0.2) is 19.0 Å². The Kier molecular flexibility index (Phi) is 5.88. The van der Waals surface area contributed by atoms with Crippen LogP contribution in [0.1, 0.15) is 33.3 Å². The molecular weight excluding hydrogens is 455 g/mol. The number of carboxylic acid groups (broad SMARTS) is 1. The van der Waals surface area contributed by atoms with Gasteiger partial charge in [-0.2, -0.15) is 18.3 Å². The van der Waals surface area contributed by atoms with Crippen LogP contribution in [-0.4, -0.2) is 48.4 Å². The highest BCUT2D eigenvalue weighted by atomic mass is 19.4. The minimum absolute atomic E-state index is 0.0566. The summed E-state index contributed by atoms with van der Waals surface area (Å²) in [5, 5.41) is 20.8. The Labute approximate surface area is 190 Å². The maximum atomic E-state index is 13.7. The van der Waals surface area contributed by atoms with Crippen LogP contribution in [0.2, 0.25) is 0 Å². The van der Waals surface area contributed by atoms with Crippen LogP contribution in [0.4, 0.5) is 13.2 Å². The Morgan fingerprint density at radius 1 is 1.03 bits per heavy atom. The van der Waals surface area contributed by atoms with E-state index in [1.807, 2.05) is 0 Å². The van der Waals surface area contributed by atoms with Crippen molar-refractivity contribution in [3.63, 3.8) is 0 Å². The van der Waals surface area contributed by atoms with Gasteiger partial charge in [0.25, 0.3) is 0 Å². The van der Waals surface area contributed by atoms with Gasteiger partial charge in [0.2, 0.25) is 0 Å². The Morgan fingerprint density at radius 2 is 1.71 bits per heavy atom. The van der Waals surface area contributed by atoms with Crippen LogP contribution in [0.25, 0.3) is 22.6 Å². The standard InChI is InChI=1S/C22H16F3N5O4/c1-2-34-21(33)17-11-27-30(19(17)22(23,24)25)16-8-6-15(7-9-16)29-18(12-26-28-29)13-4-3-5-14(10-13)20(31)32/h3-12H,2H2,1H3,(H,31,32). The van der Waals surface area contributed by atoms with E-state index in [0.29, 0.717) is 21.6 Å². The van der Waals surface area contributed by atoms with Crippen molar-refractivity contribution >= 4 is 11.9 Å². The monoisotopic (exact) mass is 471 g/mol. The number of hydrogen-bond acceptors (Lipinski definition) is 6. The lowest BCUT2D eigenvalue weighted by Gasteiger charge is -2.13. The molecule has 4 aromatic rings. The number of halogens is 3. The van der Waals surface area contributed by atoms with Gasteiger partial charge in [-0.15, -0.1) is 5.10 Å². The van der Waals surface area contributed by atoms with E-state index in [4.69, 9.17) is 4.74 Å². The maximum Gasteiger partial charge on any atom is 0.434 e. The van der Waals surface area contributed by atoms with Crippen LogP contribution in [0, 0.1) is 0 Å². The molecule has 0 unspecified atom stereocenters. The van der Waals surface area contributed by atoms with Crippen LogP contribution < -0.4 is 0 Å². The van der Waals surface area contributed by atoms with Crippen LogP contribution >= 0.6 is 0 Å². The molecule has 9 nitrogen and oxygen atoms in total. The minimum Gasteiger partial charge on any atom is -0.478 e. The highest BCUT2D eigenvalue weighted by Crippen LogP contribution is 2.34. The van der Waals surface area contributed by atoms with Crippen molar-refractivity contribution in [2.45, 2.75) is 13.1 Å². The smallest absolute Gasteiger partial charge is 0.434 e. The SMILES string of the molecule is CCOC(=O)c1cnn(-c2ccc(-n3nncc3-c3cccc(C(=O)O)c3)cc2)c1C(F)(F)F. The number of alkyl halides is 3. The fraction of sp³-hybridized carbons (Fsp3) is 0.136. The number of aromatic nitrogens is 5. The van der Waals surface area contributed by atoms with Crippen LogP contribution in [0.3, 0.4) is 0 Å². The van der Waals surface area contributed by atoms with Gasteiger partial charge in [-0.3, -0.25) is 0 Å². The first-order chi connectivity index (χ1) is 16.2. The Morgan fingerprint density at radius 3 is 2.32 bits per heavy atom. The number of hydrogen-bond donors (Lipinski definition) is 1. The first-order valence-corrected chi connectivity index (χ1v) is 9.88. The van der Waals surface area contributed by atoms with Crippen LogP contribution in [-0.2, 0) is 10.9 Å². The highest BCUT2D eigenvalue weighted by molar-refractivity contribution is 5.91. The summed E-state index contributed by atoms with van der Waals surface area (Å²) in [5.74, 6) is -2.21. The second kappa shape index (κ2) is 8.81. The summed E-state index contributed by atoms with van der Waals surface area (Å²) in [4.78, 5) is 23.2. The summed E-state index contributed by atoms with van der Waals surface area (Å²) < 4.78 is 47.9. The number of carbonyl (C=O) groups excluding carboxylic acids is 1. The van der Waals surface area contributed by atoms with E-state index in [0.717, 1.165) is 6.20 Å². The van der Waals surface area contributed by atoms with E-state index in [2.05, 4.69) is 15.4 Å². The molecule has 2 aromatic heterocycles. The molecule has 0 atom stereocenters. The summed E-state index contributed by atoms with van der Waals surface area (Å²) in [6.07, 6.45) is -2.60. The molecule has 0 saturated heterocycles. The van der Waals surface area contributed by atoms with Gasteiger partial charge in [-0.1, -0.05) is 17.3 Å². The molecule has 2 heterocycles. The number of nitrogens with zero attached hydrogens (tertiary/aromatic N) is 5. The maximum absolute atomic E-state index is 13.7. The molecule has 0 bridgehead atoms. The topological polar surface area (TPSA) is 112 Å². The van der Waals surface area contributed by atoms with E-state index in [1.54, 1.807) is 12.1 Å². The number of carbonyl (C=O) groups is 2. The zero-order valence-electron chi connectivity index (χ0n) is 17.5. The largest absolute Gasteiger partial charge is 0.478 e. The summed E-state index contributed by atoms with van der Waals surface area (Å²) in [7, 11) is 0. The first kappa shape index (κ1) is 22.7. The van der Waals surface area contributed by atoms with Gasteiger partial charge in [0.05, 0.1) is 41.6 Å². The lowest BCUT2D eigenvalue weighted by molar-refractivity contribution is -0.143. The number of carboxylic acids is 1. The summed E-state index contributed by atoms with van der Waals surface area (Å²) >= 11 is 0. The second-order valence-corrected chi connectivity index (χ2v) is 6.97. The van der Waals surface area contributed by atoms with Gasteiger partial charge in [0.1, 0.15) is 5.56 Å². The third kappa shape index (κ3) is 4.25. The number of ether oxygens (including phenoxy) is 1. The van der Waals surface area contributed by atoms with Gasteiger partial charge in [0, 0.05) is 5.56 Å². The second-order valence-electron chi connectivity index (χ2n) is 6.97. The van der Waals surface area contributed by atoms with E-state index in [-0.39, 0.29) is 17.9 Å². The molecule has 4 rings (SSSR count). The predicted molar refractivity (Wildman–Crippen MR) is 112 cm³/mol. The third-order valence-corrected chi connectivity index (χ3v) is 4.83. The molecule has 34 heavy (non-hydrogen) atoms. The van der Waals surface area contributed by atoms with Crippen molar-refractivity contribution in [1.29, 1.82) is 0 Å². The zero-order valence-corrected chi connectivity index (χ0v) is 17.5. The van der Waals surface area contributed by atoms with E-state index < -0.39 is 29.4 Å². The molecule has 0 fully saturated rings. The predicted octanol–water partition coefficient (Wildman–Crippen LogP) is 4.01. The number of aromatic carboxylic acids is 1. The van der Waals surface area contributed by atoms with Crippen molar-refractivity contribution in [1.82, 2.24) is 24.8 Å². The molecule has 0 aliphatic rings. The van der Waals surface area contributed by atoms with Crippen molar-refractivity contribution in [2.24, 2.45) is 0 Å². The molecule has 0 radical (unpaired) electrons. The number of esters is 1. The normalized spacial score (nSPS) is 11.4. The van der Waals surface area contributed by atoms with Crippen molar-refractivity contribution in [3.8, 4) is 22.6 Å². The fourth-order valence-corrected chi connectivity index (χ4v) is 3.34. The molecule has 2 aromatic carbocycles. The summed E-state index contributed by atoms with van der Waals surface area (Å²) in [6, 6.07) is 11.9. The van der Waals surface area contributed by atoms with Crippen molar-refractivity contribution in [2.75, 3.05) is 6.61 Å². The van der Waals surface area contributed by atoms with Gasteiger partial charge in [-0.05, 0) is 43.3 Å². The van der Waals surface area contributed by atoms with Gasteiger partial charge >= 0.3 is 18.1 Å². The highest BCUT2D eigenvalue weighted by Gasteiger charge is 2.41. The molecule has 12 heteroatoms. The lowest BCUT2D eigenvalue weighted by atomic mass is 10.1. The van der Waals surface area contributed by atoms with E-state index in [9.17, 15) is 27.9 Å². The Bertz CT molecular complexity index is 1360. The third-order valence-electron chi connectivity index (χ3n) is 4.83. The molecule has 0 aliphatic carbocycles. The van der Waals surface area contributed by atoms with E-state index >= 15 is 0 Å². The zero-order chi connectivity index (χ0) is 24.5. The molecule has 0 amide bonds. The number of rotatable bonds is 6. The summed E-state index contributed by atoms with van der Waals surface area (Å²) in [6.45, 7) is 1.41. The van der Waals surface area contributed by atoms with Crippen LogP contribution in [0.15, 0.2) is 60.9 Å². The van der Waals surface area contributed by atoms with E-state index in [1.165, 1.54) is 54.2 Å². The fourth-order valence-electron chi connectivity index (χ4n) is 3.34. The Hall–Kier alpha value is -4.48. The van der Waals surface area contributed by atoms with Crippen LogP contribution in [0.5, 0.6) is 0 Å². The minimum atomic E-state index is -4.86.